The van der Waals surface area contributed by atoms with Crippen LogP contribution in [0.15, 0.2) is 30.3 Å². The van der Waals surface area contributed by atoms with Crippen LogP contribution in [0.4, 0.5) is 26.3 Å². The highest BCUT2D eigenvalue weighted by atomic mass is 32.3. The van der Waals surface area contributed by atoms with Crippen molar-refractivity contribution < 1.29 is 56.1 Å². The van der Waals surface area contributed by atoms with E-state index in [4.69, 9.17) is 4.55 Å². The molecule has 31 heavy (non-hydrogen) atoms. The van der Waals surface area contributed by atoms with Crippen molar-refractivity contribution in [2.45, 2.75) is 30.4 Å². The Labute approximate surface area is 174 Å². The number of alkyl halides is 6. The van der Waals surface area contributed by atoms with E-state index in [1.54, 1.807) is 0 Å². The molecule has 1 rings (SSSR count). The maximum Gasteiger partial charge on any atom is 0.512 e. The Hall–Kier alpha value is -1.47. The third-order valence-corrected chi connectivity index (χ3v) is 6.94. The lowest BCUT2D eigenvalue weighted by Gasteiger charge is -2.13. The predicted molar refractivity (Wildman–Crippen MR) is 97.0 cm³/mol. The Morgan fingerprint density at radius 1 is 0.871 bits per heavy atom. The van der Waals surface area contributed by atoms with Crippen molar-refractivity contribution in [3.8, 4) is 0 Å². The van der Waals surface area contributed by atoms with Crippen molar-refractivity contribution in [3.05, 3.63) is 35.9 Å². The second-order valence-corrected chi connectivity index (χ2v) is 10.9. The fraction of sp³-hybridized carbons (Fsp3) is 0.538. The maximum absolute atomic E-state index is 11.5. The number of benzene rings is 1. The SMILES string of the molecule is C[C@H](NCCCS(=O)(=O)O)c1ccccc1.O=S(=O)(NS(=O)(=O)C(F)(F)F)C(F)(F)F. The largest absolute Gasteiger partial charge is 0.512 e. The molecule has 1 atom stereocenters. The summed E-state index contributed by atoms with van der Waals surface area (Å²) in [6.45, 7) is 2.58. The van der Waals surface area contributed by atoms with Gasteiger partial charge in [0.15, 0.2) is 0 Å². The van der Waals surface area contributed by atoms with Crippen molar-refractivity contribution in [2.75, 3.05) is 12.3 Å². The molecule has 0 saturated heterocycles. The molecule has 3 N–H and O–H groups in total. The molecule has 0 aliphatic carbocycles. The molecule has 0 saturated carbocycles. The van der Waals surface area contributed by atoms with Gasteiger partial charge in [-0.25, -0.2) is 16.8 Å². The van der Waals surface area contributed by atoms with E-state index in [0.717, 1.165) is 5.56 Å². The Morgan fingerprint density at radius 3 is 1.65 bits per heavy atom. The number of hydrogen-bond acceptors (Lipinski definition) is 7. The van der Waals surface area contributed by atoms with Gasteiger partial charge in [-0.3, -0.25) is 4.55 Å². The zero-order valence-electron chi connectivity index (χ0n) is 15.5. The summed E-state index contributed by atoms with van der Waals surface area (Å²) in [5.74, 6) is -0.193. The molecular weight excluding hydrogens is 506 g/mol. The minimum absolute atomic E-state index is 0.183. The minimum atomic E-state index is -6.60. The number of sulfonamides is 2. The van der Waals surface area contributed by atoms with E-state index in [-0.39, 0.29) is 11.8 Å². The molecule has 0 aliphatic heterocycles. The number of rotatable bonds is 8. The zero-order chi connectivity index (χ0) is 24.7. The summed E-state index contributed by atoms with van der Waals surface area (Å²) in [6.07, 6.45) is 0.413. The van der Waals surface area contributed by atoms with Gasteiger partial charge in [0.25, 0.3) is 10.1 Å². The van der Waals surface area contributed by atoms with Gasteiger partial charge < -0.3 is 5.32 Å². The average Bonchev–Trinajstić information content (AvgIpc) is 2.56. The van der Waals surface area contributed by atoms with E-state index in [1.165, 1.54) is 0 Å². The molecule has 18 heteroatoms. The fourth-order valence-electron chi connectivity index (χ4n) is 1.67. The zero-order valence-corrected chi connectivity index (χ0v) is 17.9. The van der Waals surface area contributed by atoms with Crippen LogP contribution in [0.2, 0.25) is 0 Å². The maximum atomic E-state index is 11.5. The summed E-state index contributed by atoms with van der Waals surface area (Å²) >= 11 is 0. The normalized spacial score (nSPS) is 14.5. The van der Waals surface area contributed by atoms with Crippen LogP contribution in [-0.2, 0) is 30.2 Å². The van der Waals surface area contributed by atoms with E-state index in [9.17, 15) is 51.6 Å². The Morgan fingerprint density at radius 2 is 1.29 bits per heavy atom. The van der Waals surface area contributed by atoms with Crippen LogP contribution in [0.5, 0.6) is 0 Å². The summed E-state index contributed by atoms with van der Waals surface area (Å²) in [7, 11) is -17.0. The highest BCUT2D eigenvalue weighted by molar-refractivity contribution is 8.05. The third-order valence-electron chi connectivity index (χ3n) is 3.16. The lowest BCUT2D eigenvalue weighted by Crippen LogP contribution is -2.45. The first kappa shape index (κ1) is 29.5. The van der Waals surface area contributed by atoms with Gasteiger partial charge in [0.1, 0.15) is 0 Å². The number of hydrogen-bond donors (Lipinski definition) is 3. The summed E-state index contributed by atoms with van der Waals surface area (Å²) in [5.41, 5.74) is -11.1. The van der Waals surface area contributed by atoms with Crippen molar-refractivity contribution in [1.29, 1.82) is 0 Å². The third kappa shape index (κ3) is 11.1. The van der Waals surface area contributed by atoms with Crippen LogP contribution < -0.4 is 9.44 Å². The summed E-state index contributed by atoms with van der Waals surface area (Å²) in [6, 6.07) is 10.1. The lowest BCUT2D eigenvalue weighted by molar-refractivity contribution is -0.0476. The Balaban J connectivity index is 0.000000582. The molecule has 0 aromatic heterocycles. The van der Waals surface area contributed by atoms with E-state index in [0.29, 0.717) is 13.0 Å². The van der Waals surface area contributed by atoms with Crippen LogP contribution in [0.1, 0.15) is 24.9 Å². The van der Waals surface area contributed by atoms with Gasteiger partial charge in [-0.05, 0) is 25.5 Å². The van der Waals surface area contributed by atoms with Gasteiger partial charge in [-0.2, -0.15) is 34.8 Å². The van der Waals surface area contributed by atoms with E-state index >= 15 is 0 Å². The van der Waals surface area contributed by atoms with Crippen molar-refractivity contribution >= 4 is 30.2 Å². The molecule has 0 aliphatic rings. The van der Waals surface area contributed by atoms with Crippen LogP contribution in [-0.4, -0.2) is 53.1 Å². The molecule has 0 unspecified atom stereocenters. The van der Waals surface area contributed by atoms with Gasteiger partial charge in [0.2, 0.25) is 0 Å². The van der Waals surface area contributed by atoms with Crippen LogP contribution in [0.25, 0.3) is 0 Å². The van der Waals surface area contributed by atoms with E-state index in [1.807, 2.05) is 37.3 Å². The van der Waals surface area contributed by atoms with Gasteiger partial charge in [0.05, 0.1) is 5.75 Å². The molecule has 0 bridgehead atoms. The molecule has 0 fully saturated rings. The van der Waals surface area contributed by atoms with Crippen LogP contribution in [0, 0.1) is 0 Å². The van der Waals surface area contributed by atoms with E-state index < -0.39 is 45.3 Å². The minimum Gasteiger partial charge on any atom is -0.310 e. The quantitative estimate of drug-likeness (QED) is 0.266. The second kappa shape index (κ2) is 10.9. The monoisotopic (exact) mass is 524 g/mol. The molecule has 0 heterocycles. The van der Waals surface area contributed by atoms with Gasteiger partial charge in [-0.1, -0.05) is 34.5 Å². The smallest absolute Gasteiger partial charge is 0.310 e. The van der Waals surface area contributed by atoms with Gasteiger partial charge >= 0.3 is 31.1 Å². The molecule has 0 amide bonds. The lowest BCUT2D eigenvalue weighted by atomic mass is 10.1. The number of nitrogens with one attached hydrogen (secondary N) is 2. The molecule has 182 valence electrons. The summed E-state index contributed by atoms with van der Waals surface area (Å²) in [4.78, 5) is 0. The fourth-order valence-corrected chi connectivity index (χ4v) is 4.09. The molecule has 0 radical (unpaired) electrons. The molecule has 9 nitrogen and oxygen atoms in total. The molecule has 1 aromatic carbocycles. The Bertz CT molecular complexity index is 966. The van der Waals surface area contributed by atoms with Gasteiger partial charge in [-0.15, -0.1) is 0 Å². The summed E-state index contributed by atoms with van der Waals surface area (Å²) < 4.78 is 138. The van der Waals surface area contributed by atoms with Crippen LogP contribution >= 0.6 is 0 Å². The second-order valence-electron chi connectivity index (χ2n) is 5.71. The van der Waals surface area contributed by atoms with Crippen molar-refractivity contribution in [2.24, 2.45) is 0 Å². The van der Waals surface area contributed by atoms with Crippen LogP contribution in [0.3, 0.4) is 0 Å². The first-order valence-electron chi connectivity index (χ1n) is 7.84. The van der Waals surface area contributed by atoms with Gasteiger partial charge in [0, 0.05) is 6.04 Å². The molecule has 1 aromatic rings. The predicted octanol–water partition coefficient (Wildman–Crippen LogP) is 1.89. The standard InChI is InChI=1S/C11H17NO3S.C2HF6NO4S2/c1-10(11-6-3-2-4-7-11)12-8-5-9-16(13,14)15;3-1(4,5)14(10,11)9-15(12,13)2(6,7)8/h2-4,6-7,10,12H,5,8-9H2,1H3,(H,13,14,15);9H/t10-;/m0./s1. The van der Waals surface area contributed by atoms with Crippen molar-refractivity contribution in [1.82, 2.24) is 9.44 Å². The van der Waals surface area contributed by atoms with E-state index in [2.05, 4.69) is 5.32 Å². The topological polar surface area (TPSA) is 147 Å². The molecular formula is C13H18F6N2O7S3. The summed E-state index contributed by atoms with van der Waals surface area (Å²) in [5, 5.41) is 3.20. The number of halogens is 6. The average molecular weight is 524 g/mol. The van der Waals surface area contributed by atoms with Crippen molar-refractivity contribution in [3.63, 3.8) is 0 Å². The molecule has 0 spiro atoms. The first-order chi connectivity index (χ1) is 13.7. The Kier molecular flexibility index (Phi) is 10.4. The highest BCUT2D eigenvalue weighted by Gasteiger charge is 2.55. The highest BCUT2D eigenvalue weighted by Crippen LogP contribution is 2.27. The first-order valence-corrected chi connectivity index (χ1v) is 12.4.